The van der Waals surface area contributed by atoms with Crippen LogP contribution in [0.1, 0.15) is 31.0 Å². The number of H-pyrrole nitrogens is 1. The molecule has 0 radical (unpaired) electrons. The highest BCUT2D eigenvalue weighted by molar-refractivity contribution is 5.92. The van der Waals surface area contributed by atoms with Crippen molar-refractivity contribution in [3.63, 3.8) is 0 Å². The minimum atomic E-state index is -0.314. The molecule has 0 aliphatic heterocycles. The van der Waals surface area contributed by atoms with Crippen LogP contribution in [-0.2, 0) is 11.2 Å². The van der Waals surface area contributed by atoms with E-state index in [1.54, 1.807) is 43.5 Å². The number of aromatic amines is 1. The molecule has 4 rings (SSSR count). The highest BCUT2D eigenvalue weighted by Crippen LogP contribution is 2.28. The van der Waals surface area contributed by atoms with Gasteiger partial charge in [-0.05, 0) is 35.7 Å². The summed E-state index contributed by atoms with van der Waals surface area (Å²) in [5.41, 5.74) is 1.51. The fraction of sp³-hybridized carbons (Fsp3) is 0.250. The largest absolute Gasteiger partial charge is 0.493 e. The van der Waals surface area contributed by atoms with E-state index >= 15 is 0 Å². The quantitative estimate of drug-likeness (QED) is 0.409. The third-order valence-electron chi connectivity index (χ3n) is 5.10. The lowest BCUT2D eigenvalue weighted by molar-refractivity contribution is -0.115. The van der Waals surface area contributed by atoms with Gasteiger partial charge < -0.3 is 19.2 Å². The molecule has 0 aliphatic carbocycles. The van der Waals surface area contributed by atoms with Crippen LogP contribution < -0.4 is 20.3 Å². The van der Waals surface area contributed by atoms with Crippen molar-refractivity contribution in [2.75, 3.05) is 19.5 Å². The van der Waals surface area contributed by atoms with E-state index in [-0.39, 0.29) is 29.8 Å². The molecule has 1 aromatic carbocycles. The van der Waals surface area contributed by atoms with Crippen LogP contribution in [0.3, 0.4) is 0 Å². The fourth-order valence-corrected chi connectivity index (χ4v) is 3.40. The fourth-order valence-electron chi connectivity index (χ4n) is 3.40. The summed E-state index contributed by atoms with van der Waals surface area (Å²) in [7, 11) is 3.09. The molecule has 3 heterocycles. The van der Waals surface area contributed by atoms with Gasteiger partial charge in [-0.3, -0.25) is 14.6 Å². The maximum Gasteiger partial charge on any atom is 0.252 e. The zero-order valence-electron chi connectivity index (χ0n) is 19.3. The molecular formula is C24H25N5O5. The normalized spacial score (nSPS) is 11.0. The summed E-state index contributed by atoms with van der Waals surface area (Å²) in [6.07, 6.45) is 1.61. The molecule has 0 saturated carbocycles. The van der Waals surface area contributed by atoms with Crippen LogP contribution in [0.25, 0.3) is 17.4 Å². The summed E-state index contributed by atoms with van der Waals surface area (Å²) in [5, 5.41) is 7.37. The molecule has 0 aliphatic rings. The van der Waals surface area contributed by atoms with Crippen molar-refractivity contribution in [2.45, 2.75) is 26.2 Å². The van der Waals surface area contributed by atoms with E-state index in [0.717, 1.165) is 5.56 Å². The van der Waals surface area contributed by atoms with Crippen molar-refractivity contribution < 1.29 is 18.7 Å². The Morgan fingerprint density at radius 1 is 1.15 bits per heavy atom. The Kier molecular flexibility index (Phi) is 6.48. The number of anilines is 1. The van der Waals surface area contributed by atoms with Crippen LogP contribution in [-0.4, -0.2) is 39.9 Å². The van der Waals surface area contributed by atoms with Gasteiger partial charge in [-0.1, -0.05) is 19.9 Å². The third kappa shape index (κ3) is 4.85. The van der Waals surface area contributed by atoms with Gasteiger partial charge in [-0.15, -0.1) is 0 Å². The summed E-state index contributed by atoms with van der Waals surface area (Å²) in [5.74, 6) is 1.89. The average molecular weight is 463 g/mol. The van der Waals surface area contributed by atoms with Gasteiger partial charge >= 0.3 is 0 Å². The smallest absolute Gasteiger partial charge is 0.252 e. The number of hydrogen-bond acceptors (Lipinski definition) is 7. The van der Waals surface area contributed by atoms with Crippen LogP contribution >= 0.6 is 0 Å². The molecule has 10 heteroatoms. The average Bonchev–Trinajstić information content (AvgIpc) is 3.48. The van der Waals surface area contributed by atoms with Gasteiger partial charge in [0.15, 0.2) is 17.3 Å². The molecule has 0 unspecified atom stereocenters. The summed E-state index contributed by atoms with van der Waals surface area (Å²) in [6.45, 7) is 3.88. The van der Waals surface area contributed by atoms with Crippen LogP contribution in [0.5, 0.6) is 11.5 Å². The molecule has 10 nitrogen and oxygen atoms in total. The van der Waals surface area contributed by atoms with E-state index < -0.39 is 0 Å². The minimum Gasteiger partial charge on any atom is -0.493 e. The van der Waals surface area contributed by atoms with Crippen LogP contribution in [0.15, 0.2) is 57.9 Å². The van der Waals surface area contributed by atoms with Gasteiger partial charge in [0.2, 0.25) is 11.9 Å². The van der Waals surface area contributed by atoms with E-state index in [1.807, 2.05) is 13.8 Å². The Bertz CT molecular complexity index is 1350. The zero-order valence-corrected chi connectivity index (χ0v) is 19.3. The number of rotatable bonds is 8. The Morgan fingerprint density at radius 3 is 2.62 bits per heavy atom. The maximum atomic E-state index is 12.9. The molecule has 34 heavy (non-hydrogen) atoms. The van der Waals surface area contributed by atoms with Crippen molar-refractivity contribution in [2.24, 2.45) is 0 Å². The highest BCUT2D eigenvalue weighted by atomic mass is 16.5. The second-order valence-electron chi connectivity index (χ2n) is 7.87. The van der Waals surface area contributed by atoms with E-state index in [9.17, 15) is 9.59 Å². The first-order chi connectivity index (χ1) is 16.4. The predicted octanol–water partition coefficient (Wildman–Crippen LogP) is 3.54. The van der Waals surface area contributed by atoms with E-state index in [2.05, 4.69) is 20.4 Å². The number of amides is 1. The van der Waals surface area contributed by atoms with Gasteiger partial charge in [-0.2, -0.15) is 9.78 Å². The van der Waals surface area contributed by atoms with Gasteiger partial charge in [0.05, 0.1) is 32.6 Å². The Balaban J connectivity index is 1.67. The third-order valence-corrected chi connectivity index (χ3v) is 5.10. The first-order valence-electron chi connectivity index (χ1n) is 10.6. The summed E-state index contributed by atoms with van der Waals surface area (Å²) in [4.78, 5) is 32.4. The molecule has 0 atom stereocenters. The van der Waals surface area contributed by atoms with E-state index in [4.69, 9.17) is 13.9 Å². The minimum absolute atomic E-state index is 0.0317. The first-order valence-corrected chi connectivity index (χ1v) is 10.6. The van der Waals surface area contributed by atoms with Gasteiger partial charge in [0.25, 0.3) is 5.56 Å². The molecule has 176 valence electrons. The summed E-state index contributed by atoms with van der Waals surface area (Å²) >= 11 is 0. The number of carbonyl (C=O) groups is 1. The lowest BCUT2D eigenvalue weighted by Crippen LogP contribution is -2.20. The SMILES string of the molecule is COc1ccc(CC(=O)Nc2cc(-c3ccco3)nn2-c2nc(C(C)C)cc(=O)[nH]2)cc1OC. The zero-order chi connectivity index (χ0) is 24.2. The summed E-state index contributed by atoms with van der Waals surface area (Å²) < 4.78 is 17.4. The molecule has 1 amide bonds. The maximum absolute atomic E-state index is 12.9. The lowest BCUT2D eigenvalue weighted by Gasteiger charge is -2.11. The second-order valence-corrected chi connectivity index (χ2v) is 7.87. The van der Waals surface area contributed by atoms with Crippen molar-refractivity contribution >= 4 is 11.7 Å². The van der Waals surface area contributed by atoms with Crippen LogP contribution in [0.2, 0.25) is 0 Å². The molecule has 0 bridgehead atoms. The first kappa shape index (κ1) is 22.8. The number of methoxy groups -OCH3 is 2. The number of benzene rings is 1. The number of nitrogens with zero attached hydrogens (tertiary/aromatic N) is 3. The molecule has 2 N–H and O–H groups in total. The number of aromatic nitrogens is 4. The molecule has 4 aromatic rings. The Hall–Kier alpha value is -4.34. The van der Waals surface area contributed by atoms with Crippen molar-refractivity contribution in [3.8, 4) is 28.9 Å². The molecule has 0 fully saturated rings. The topological polar surface area (TPSA) is 124 Å². The Morgan fingerprint density at radius 2 is 1.94 bits per heavy atom. The van der Waals surface area contributed by atoms with E-state index in [0.29, 0.717) is 34.5 Å². The van der Waals surface area contributed by atoms with Gasteiger partial charge in [0.1, 0.15) is 11.5 Å². The molecule has 0 saturated heterocycles. The van der Waals surface area contributed by atoms with E-state index in [1.165, 1.54) is 24.1 Å². The number of ether oxygens (including phenoxy) is 2. The summed E-state index contributed by atoms with van der Waals surface area (Å²) in [6, 6.07) is 11.9. The monoisotopic (exact) mass is 463 g/mol. The Labute approximate surface area is 195 Å². The van der Waals surface area contributed by atoms with Gasteiger partial charge in [0, 0.05) is 12.1 Å². The molecule has 3 aromatic heterocycles. The lowest BCUT2D eigenvalue weighted by atomic mass is 10.1. The highest BCUT2D eigenvalue weighted by Gasteiger charge is 2.18. The van der Waals surface area contributed by atoms with Crippen molar-refractivity contribution in [3.05, 3.63) is 70.3 Å². The number of carbonyl (C=O) groups excluding carboxylic acids is 1. The second kappa shape index (κ2) is 9.65. The number of furan rings is 1. The van der Waals surface area contributed by atoms with Crippen LogP contribution in [0, 0.1) is 0 Å². The number of nitrogens with one attached hydrogen (secondary N) is 2. The predicted molar refractivity (Wildman–Crippen MR) is 126 cm³/mol. The van der Waals surface area contributed by atoms with Crippen LogP contribution in [0.4, 0.5) is 5.82 Å². The standard InChI is InChI=1S/C24H25N5O5/c1-14(2)16-13-23(31)27-24(25-16)29-21(12-17(28-29)18-6-5-9-34-18)26-22(30)11-15-7-8-19(32-3)20(10-15)33-4/h5-10,12-14H,11H2,1-4H3,(H,26,30)(H,25,27,31). The van der Waals surface area contributed by atoms with Crippen molar-refractivity contribution in [1.82, 2.24) is 19.7 Å². The number of hydrogen-bond donors (Lipinski definition) is 2. The van der Waals surface area contributed by atoms with Crippen molar-refractivity contribution in [1.29, 1.82) is 0 Å². The molecule has 0 spiro atoms. The molecular weight excluding hydrogens is 438 g/mol. The van der Waals surface area contributed by atoms with Gasteiger partial charge in [-0.25, -0.2) is 4.98 Å².